The highest BCUT2D eigenvalue weighted by Crippen LogP contribution is 2.21. The summed E-state index contributed by atoms with van der Waals surface area (Å²) in [5.74, 6) is 0.115. The van der Waals surface area contributed by atoms with Crippen molar-refractivity contribution in [3.05, 3.63) is 34.9 Å². The number of fused-ring (bicyclic) bond motifs is 1. The van der Waals surface area contributed by atoms with E-state index in [0.29, 0.717) is 12.6 Å². The van der Waals surface area contributed by atoms with E-state index in [1.807, 2.05) is 22.9 Å². The summed E-state index contributed by atoms with van der Waals surface area (Å²) in [6, 6.07) is 8.57. The first-order valence-corrected chi connectivity index (χ1v) is 7.55. The fourth-order valence-corrected chi connectivity index (χ4v) is 3.14. The highest BCUT2D eigenvalue weighted by atomic mass is 79.9. The van der Waals surface area contributed by atoms with Crippen LogP contribution < -0.4 is 5.32 Å². The van der Waals surface area contributed by atoms with Crippen molar-refractivity contribution in [2.24, 2.45) is 0 Å². The summed E-state index contributed by atoms with van der Waals surface area (Å²) in [4.78, 5) is 12.1. The Morgan fingerprint density at radius 3 is 2.89 bits per heavy atom. The summed E-state index contributed by atoms with van der Waals surface area (Å²) in [7, 11) is 0. The summed E-state index contributed by atoms with van der Waals surface area (Å²) in [5.41, 5.74) is 1.09. The zero-order valence-electron chi connectivity index (χ0n) is 10.7. The smallest absolute Gasteiger partial charge is 0.240 e. The van der Waals surface area contributed by atoms with Crippen LogP contribution in [0.2, 0.25) is 0 Å². The molecule has 0 saturated heterocycles. The number of halogens is 1. The topological polar surface area (TPSA) is 34.0 Å². The van der Waals surface area contributed by atoms with E-state index in [0.717, 1.165) is 28.2 Å². The maximum atomic E-state index is 12.1. The van der Waals surface area contributed by atoms with Gasteiger partial charge in [0, 0.05) is 22.2 Å². The van der Waals surface area contributed by atoms with E-state index in [1.165, 1.54) is 12.8 Å². The Hall–Kier alpha value is -1.29. The molecule has 1 fully saturated rings. The number of carbonyl (C=O) groups excluding carboxylic acids is 1. The zero-order valence-corrected chi connectivity index (χ0v) is 12.3. The number of hydrogen-bond donors (Lipinski definition) is 1. The van der Waals surface area contributed by atoms with Crippen LogP contribution in [0.15, 0.2) is 34.9 Å². The SMILES string of the molecule is O=C(Cn1ccc2ccc(Br)cc21)NC1CCCC1. The monoisotopic (exact) mass is 320 g/mol. The molecule has 1 aromatic heterocycles. The van der Waals surface area contributed by atoms with Gasteiger partial charge in [-0.1, -0.05) is 34.8 Å². The van der Waals surface area contributed by atoms with Crippen molar-refractivity contribution in [2.45, 2.75) is 38.3 Å². The van der Waals surface area contributed by atoms with Crippen LogP contribution in [0.4, 0.5) is 0 Å². The minimum absolute atomic E-state index is 0.115. The highest BCUT2D eigenvalue weighted by Gasteiger charge is 2.17. The summed E-state index contributed by atoms with van der Waals surface area (Å²) in [5, 5.41) is 4.29. The Morgan fingerprint density at radius 2 is 2.11 bits per heavy atom. The van der Waals surface area contributed by atoms with Crippen LogP contribution in [0.1, 0.15) is 25.7 Å². The number of hydrogen-bond acceptors (Lipinski definition) is 1. The summed E-state index contributed by atoms with van der Waals surface area (Å²) < 4.78 is 3.04. The Balaban J connectivity index is 1.73. The molecule has 0 spiro atoms. The highest BCUT2D eigenvalue weighted by molar-refractivity contribution is 9.10. The van der Waals surface area contributed by atoms with Gasteiger partial charge in [0.25, 0.3) is 0 Å². The molecule has 0 unspecified atom stereocenters. The van der Waals surface area contributed by atoms with Crippen LogP contribution in [0, 0.1) is 0 Å². The third-order valence-corrected chi connectivity index (χ3v) is 4.26. The molecule has 19 heavy (non-hydrogen) atoms. The number of aromatic nitrogens is 1. The zero-order chi connectivity index (χ0) is 13.2. The summed E-state index contributed by atoms with van der Waals surface area (Å²) >= 11 is 3.47. The molecule has 0 radical (unpaired) electrons. The van der Waals surface area contributed by atoms with E-state index in [-0.39, 0.29) is 5.91 Å². The number of rotatable bonds is 3. The summed E-state index contributed by atoms with van der Waals surface area (Å²) in [6.45, 7) is 0.399. The lowest BCUT2D eigenvalue weighted by atomic mass is 10.2. The van der Waals surface area contributed by atoms with Crippen LogP contribution in [-0.2, 0) is 11.3 Å². The largest absolute Gasteiger partial charge is 0.352 e. The van der Waals surface area contributed by atoms with Crippen LogP contribution in [0.25, 0.3) is 10.9 Å². The quantitative estimate of drug-likeness (QED) is 0.923. The number of carbonyl (C=O) groups is 1. The van der Waals surface area contributed by atoms with E-state index in [9.17, 15) is 4.79 Å². The molecule has 1 aromatic carbocycles. The molecule has 3 rings (SSSR count). The Kier molecular flexibility index (Phi) is 3.60. The second-order valence-corrected chi connectivity index (χ2v) is 6.11. The lowest BCUT2D eigenvalue weighted by Crippen LogP contribution is -2.35. The molecule has 4 heteroatoms. The third-order valence-electron chi connectivity index (χ3n) is 3.77. The molecule has 3 nitrogen and oxygen atoms in total. The van der Waals surface area contributed by atoms with Gasteiger partial charge in [-0.25, -0.2) is 0 Å². The maximum Gasteiger partial charge on any atom is 0.240 e. The van der Waals surface area contributed by atoms with Crippen LogP contribution in [-0.4, -0.2) is 16.5 Å². The summed E-state index contributed by atoms with van der Waals surface area (Å²) in [6.07, 6.45) is 6.72. The number of nitrogens with one attached hydrogen (secondary N) is 1. The Labute approximate surface area is 121 Å². The number of amides is 1. The van der Waals surface area contributed by atoms with E-state index >= 15 is 0 Å². The molecule has 1 N–H and O–H groups in total. The van der Waals surface area contributed by atoms with Gasteiger partial charge in [-0.15, -0.1) is 0 Å². The van der Waals surface area contributed by atoms with Crippen molar-refractivity contribution in [2.75, 3.05) is 0 Å². The fourth-order valence-electron chi connectivity index (χ4n) is 2.79. The van der Waals surface area contributed by atoms with Crippen molar-refractivity contribution >= 4 is 32.7 Å². The van der Waals surface area contributed by atoms with Gasteiger partial charge in [0.1, 0.15) is 6.54 Å². The van der Waals surface area contributed by atoms with E-state index in [4.69, 9.17) is 0 Å². The first kappa shape index (κ1) is 12.7. The lowest BCUT2D eigenvalue weighted by Gasteiger charge is -2.12. The predicted octanol–water partition coefficient (Wildman–Crippen LogP) is 3.46. The minimum atomic E-state index is 0.115. The maximum absolute atomic E-state index is 12.1. The van der Waals surface area contributed by atoms with Gasteiger partial charge >= 0.3 is 0 Å². The first-order chi connectivity index (χ1) is 9.22. The van der Waals surface area contributed by atoms with Gasteiger partial charge < -0.3 is 9.88 Å². The molecule has 1 heterocycles. The van der Waals surface area contributed by atoms with Crippen LogP contribution >= 0.6 is 15.9 Å². The van der Waals surface area contributed by atoms with Crippen LogP contribution in [0.3, 0.4) is 0 Å². The van der Waals surface area contributed by atoms with Crippen molar-refractivity contribution in [1.29, 1.82) is 0 Å². The molecule has 2 aromatic rings. The number of benzene rings is 1. The molecular weight excluding hydrogens is 304 g/mol. The van der Waals surface area contributed by atoms with Gasteiger partial charge in [-0.2, -0.15) is 0 Å². The Bertz CT molecular complexity index is 599. The molecule has 1 aliphatic rings. The minimum Gasteiger partial charge on any atom is -0.352 e. The normalized spacial score (nSPS) is 16.1. The lowest BCUT2D eigenvalue weighted by molar-refractivity contribution is -0.122. The number of nitrogens with zero attached hydrogens (tertiary/aromatic N) is 1. The molecule has 1 saturated carbocycles. The fraction of sp³-hybridized carbons (Fsp3) is 0.400. The van der Waals surface area contributed by atoms with Gasteiger partial charge in [0.05, 0.1) is 0 Å². The average molecular weight is 321 g/mol. The molecule has 1 amide bonds. The molecule has 0 aliphatic heterocycles. The second kappa shape index (κ2) is 5.37. The van der Waals surface area contributed by atoms with E-state index < -0.39 is 0 Å². The molecule has 100 valence electrons. The van der Waals surface area contributed by atoms with Gasteiger partial charge in [-0.3, -0.25) is 4.79 Å². The third kappa shape index (κ3) is 2.84. The van der Waals surface area contributed by atoms with Crippen molar-refractivity contribution in [3.63, 3.8) is 0 Å². The molecular formula is C15H17BrN2O. The van der Waals surface area contributed by atoms with Crippen LogP contribution in [0.5, 0.6) is 0 Å². The van der Waals surface area contributed by atoms with E-state index in [2.05, 4.69) is 33.4 Å². The molecule has 1 aliphatic carbocycles. The van der Waals surface area contributed by atoms with E-state index in [1.54, 1.807) is 0 Å². The second-order valence-electron chi connectivity index (χ2n) is 5.20. The predicted molar refractivity (Wildman–Crippen MR) is 80.0 cm³/mol. The average Bonchev–Trinajstić information content (AvgIpc) is 3.00. The molecule has 0 atom stereocenters. The first-order valence-electron chi connectivity index (χ1n) is 6.76. The Morgan fingerprint density at radius 1 is 1.32 bits per heavy atom. The van der Waals surface area contributed by atoms with Gasteiger partial charge in [0.15, 0.2) is 0 Å². The van der Waals surface area contributed by atoms with Crippen molar-refractivity contribution < 1.29 is 4.79 Å². The van der Waals surface area contributed by atoms with Gasteiger partial charge in [-0.05, 0) is 36.4 Å². The van der Waals surface area contributed by atoms with Crippen molar-refractivity contribution in [1.82, 2.24) is 9.88 Å². The van der Waals surface area contributed by atoms with Crippen molar-refractivity contribution in [3.8, 4) is 0 Å². The van der Waals surface area contributed by atoms with Gasteiger partial charge in [0.2, 0.25) is 5.91 Å². The molecule has 0 bridgehead atoms. The standard InChI is InChI=1S/C15H17BrN2O/c16-12-6-5-11-7-8-18(14(11)9-12)10-15(19)17-13-3-1-2-4-13/h5-9,13H,1-4,10H2,(H,17,19).